The van der Waals surface area contributed by atoms with E-state index in [-0.39, 0.29) is 0 Å². The summed E-state index contributed by atoms with van der Waals surface area (Å²) in [5.74, 6) is 3.12. The van der Waals surface area contributed by atoms with Crippen LogP contribution >= 0.6 is 0 Å². The molecule has 0 spiro atoms. The molecular weight excluding hydrogens is 308 g/mol. The summed E-state index contributed by atoms with van der Waals surface area (Å²) in [5.41, 5.74) is 0. The van der Waals surface area contributed by atoms with Crippen LogP contribution in [0.2, 0.25) is 0 Å². The number of ketones is 1. The molecule has 0 bridgehead atoms. The Balaban J connectivity index is 0.000000251. The lowest BCUT2D eigenvalue weighted by Crippen LogP contribution is -2.33. The summed E-state index contributed by atoms with van der Waals surface area (Å²) in [6, 6.07) is 0. The van der Waals surface area contributed by atoms with E-state index in [1.807, 2.05) is 0 Å². The summed E-state index contributed by atoms with van der Waals surface area (Å²) >= 11 is 0. The highest BCUT2D eigenvalue weighted by Gasteiger charge is 2.27. The van der Waals surface area contributed by atoms with Crippen molar-refractivity contribution in [2.24, 2.45) is 23.7 Å². The molecule has 2 N–H and O–H groups in total. The van der Waals surface area contributed by atoms with Crippen LogP contribution in [0.4, 0.5) is 0 Å². The minimum absolute atomic E-state index is 0.316. The van der Waals surface area contributed by atoms with Gasteiger partial charge in [0.05, 0.1) is 0 Å². The van der Waals surface area contributed by atoms with E-state index in [0.29, 0.717) is 17.6 Å². The van der Waals surface area contributed by atoms with E-state index in [1.165, 1.54) is 45.2 Å². The van der Waals surface area contributed by atoms with Gasteiger partial charge >= 0.3 is 0 Å². The lowest BCUT2D eigenvalue weighted by molar-refractivity contribution is -0.126. The number of piperidine rings is 1. The highest BCUT2D eigenvalue weighted by atomic mass is 16.1. The van der Waals surface area contributed by atoms with Crippen LogP contribution in [0.1, 0.15) is 85.5 Å². The number of rotatable bonds is 9. The van der Waals surface area contributed by atoms with Crippen LogP contribution in [0.3, 0.4) is 0 Å². The van der Waals surface area contributed by atoms with Crippen molar-refractivity contribution in [3.63, 3.8) is 0 Å². The lowest BCUT2D eigenvalue weighted by Gasteiger charge is -2.29. The molecule has 4 atom stereocenters. The molecule has 2 heterocycles. The summed E-state index contributed by atoms with van der Waals surface area (Å²) < 4.78 is 0. The largest absolute Gasteiger partial charge is 0.316 e. The first-order valence-electron chi connectivity index (χ1n) is 11.1. The van der Waals surface area contributed by atoms with Gasteiger partial charge in [-0.25, -0.2) is 0 Å². The molecule has 2 aliphatic heterocycles. The second kappa shape index (κ2) is 13.7. The van der Waals surface area contributed by atoms with Crippen molar-refractivity contribution >= 4 is 5.78 Å². The van der Waals surface area contributed by atoms with E-state index in [1.54, 1.807) is 0 Å². The Morgan fingerprint density at radius 2 is 1.64 bits per heavy atom. The predicted molar refractivity (Wildman–Crippen MR) is 109 cm³/mol. The third kappa shape index (κ3) is 8.21. The zero-order valence-corrected chi connectivity index (χ0v) is 17.4. The molecule has 148 valence electrons. The molecule has 2 rings (SSSR count). The smallest absolute Gasteiger partial charge is 0.140 e. The number of nitrogens with one attached hydrogen (secondary N) is 2. The van der Waals surface area contributed by atoms with Gasteiger partial charge in [0.25, 0.3) is 0 Å². The third-order valence-electron chi connectivity index (χ3n) is 6.18. The van der Waals surface area contributed by atoms with Crippen molar-refractivity contribution in [3.05, 3.63) is 0 Å². The highest BCUT2D eigenvalue weighted by molar-refractivity contribution is 5.83. The molecule has 3 nitrogen and oxygen atoms in total. The van der Waals surface area contributed by atoms with Crippen LogP contribution in [0.5, 0.6) is 0 Å². The fourth-order valence-corrected chi connectivity index (χ4v) is 4.55. The molecular formula is C22H44N2O. The minimum Gasteiger partial charge on any atom is -0.316 e. The maximum atomic E-state index is 11.9. The van der Waals surface area contributed by atoms with Crippen molar-refractivity contribution < 1.29 is 4.79 Å². The van der Waals surface area contributed by atoms with Crippen LogP contribution < -0.4 is 10.6 Å². The summed E-state index contributed by atoms with van der Waals surface area (Å²) in [4.78, 5) is 11.9. The van der Waals surface area contributed by atoms with E-state index >= 15 is 0 Å². The van der Waals surface area contributed by atoms with Crippen molar-refractivity contribution in [1.29, 1.82) is 0 Å². The highest BCUT2D eigenvalue weighted by Crippen LogP contribution is 2.26. The molecule has 0 aliphatic carbocycles. The van der Waals surface area contributed by atoms with E-state index < -0.39 is 0 Å². The van der Waals surface area contributed by atoms with Crippen LogP contribution in [-0.2, 0) is 4.79 Å². The molecule has 0 aromatic carbocycles. The SMILES string of the molecule is CCCC(CC)C(=O)C1CCNC1.CCCC(CC)C1CCCNC1. The van der Waals surface area contributed by atoms with Crippen molar-refractivity contribution in [3.8, 4) is 0 Å². The molecule has 25 heavy (non-hydrogen) atoms. The van der Waals surface area contributed by atoms with Gasteiger partial charge < -0.3 is 10.6 Å². The number of hydrogen-bond donors (Lipinski definition) is 2. The number of hydrogen-bond acceptors (Lipinski definition) is 3. The monoisotopic (exact) mass is 352 g/mol. The summed E-state index contributed by atoms with van der Waals surface area (Å²) in [6.45, 7) is 13.4. The first-order chi connectivity index (χ1) is 12.2. The van der Waals surface area contributed by atoms with Gasteiger partial charge in [-0.2, -0.15) is 0 Å². The molecule has 0 aromatic rings. The average molecular weight is 353 g/mol. The summed E-state index contributed by atoms with van der Waals surface area (Å²) in [5, 5.41) is 6.76. The fraction of sp³-hybridized carbons (Fsp3) is 0.955. The Morgan fingerprint density at radius 3 is 2.12 bits per heavy atom. The number of carbonyl (C=O) groups excluding carboxylic acids is 1. The van der Waals surface area contributed by atoms with Gasteiger partial charge in [0.15, 0.2) is 0 Å². The summed E-state index contributed by atoms with van der Waals surface area (Å²) in [6.07, 6.45) is 11.3. The Bertz CT molecular complexity index is 330. The van der Waals surface area contributed by atoms with Crippen molar-refractivity contribution in [2.75, 3.05) is 26.2 Å². The van der Waals surface area contributed by atoms with E-state index in [0.717, 1.165) is 50.6 Å². The zero-order valence-electron chi connectivity index (χ0n) is 17.4. The quantitative estimate of drug-likeness (QED) is 0.626. The van der Waals surface area contributed by atoms with Gasteiger partial charge in [0.2, 0.25) is 0 Å². The first kappa shape index (κ1) is 22.6. The number of carbonyl (C=O) groups is 1. The standard InChI is InChI=1S/C11H21NO.C11H23N/c1-3-5-9(4-2)11(13)10-6-7-12-8-10;1-3-6-10(4-2)11-7-5-8-12-9-11/h9-10,12H,3-8H2,1-2H3;10-12H,3-9H2,1-2H3. The van der Waals surface area contributed by atoms with Crippen LogP contribution in [-0.4, -0.2) is 32.0 Å². The molecule has 4 unspecified atom stereocenters. The maximum Gasteiger partial charge on any atom is 0.140 e. The van der Waals surface area contributed by atoms with Gasteiger partial charge in [0, 0.05) is 18.4 Å². The van der Waals surface area contributed by atoms with Gasteiger partial charge in [0.1, 0.15) is 5.78 Å². The van der Waals surface area contributed by atoms with Crippen molar-refractivity contribution in [1.82, 2.24) is 10.6 Å². The average Bonchev–Trinajstić information content (AvgIpc) is 3.19. The maximum absolute atomic E-state index is 11.9. The van der Waals surface area contributed by atoms with E-state index in [2.05, 4.69) is 38.3 Å². The van der Waals surface area contributed by atoms with Gasteiger partial charge in [-0.05, 0) is 63.6 Å². The first-order valence-corrected chi connectivity index (χ1v) is 11.1. The molecule has 2 saturated heterocycles. The lowest BCUT2D eigenvalue weighted by atomic mass is 9.82. The normalized spacial score (nSPS) is 25.8. The number of Topliss-reactive ketones (excluding diaryl/α,β-unsaturated/α-hetero) is 1. The molecule has 0 amide bonds. The second-order valence-corrected chi connectivity index (χ2v) is 8.05. The van der Waals surface area contributed by atoms with Gasteiger partial charge in [-0.15, -0.1) is 0 Å². The Labute approximate surface area is 157 Å². The van der Waals surface area contributed by atoms with Gasteiger partial charge in [-0.1, -0.05) is 53.4 Å². The zero-order chi connectivity index (χ0) is 18.5. The molecule has 2 aliphatic rings. The van der Waals surface area contributed by atoms with E-state index in [4.69, 9.17) is 0 Å². The third-order valence-corrected chi connectivity index (χ3v) is 6.18. The van der Waals surface area contributed by atoms with Gasteiger partial charge in [-0.3, -0.25) is 4.79 Å². The molecule has 0 saturated carbocycles. The topological polar surface area (TPSA) is 41.1 Å². The minimum atomic E-state index is 0.316. The van der Waals surface area contributed by atoms with Crippen LogP contribution in [0, 0.1) is 23.7 Å². The Morgan fingerprint density at radius 1 is 0.920 bits per heavy atom. The Hall–Kier alpha value is -0.410. The van der Waals surface area contributed by atoms with Crippen LogP contribution in [0.15, 0.2) is 0 Å². The molecule has 2 fully saturated rings. The molecule has 0 aromatic heterocycles. The van der Waals surface area contributed by atoms with Crippen LogP contribution in [0.25, 0.3) is 0 Å². The molecule has 3 heteroatoms. The molecule has 0 radical (unpaired) electrons. The predicted octanol–water partition coefficient (Wildman–Crippen LogP) is 4.80. The Kier molecular flexibility index (Phi) is 12.4. The second-order valence-electron chi connectivity index (χ2n) is 8.05. The fourth-order valence-electron chi connectivity index (χ4n) is 4.55. The summed E-state index contributed by atoms with van der Waals surface area (Å²) in [7, 11) is 0. The van der Waals surface area contributed by atoms with E-state index in [9.17, 15) is 4.79 Å². The van der Waals surface area contributed by atoms with Crippen molar-refractivity contribution in [2.45, 2.75) is 85.5 Å².